The monoisotopic (exact) mass is 160 g/mol. The van der Waals surface area contributed by atoms with Crippen LogP contribution in [0.15, 0.2) is 23.3 Å². The lowest BCUT2D eigenvalue weighted by molar-refractivity contribution is 1.31. The van der Waals surface area contributed by atoms with Gasteiger partial charge < -0.3 is 5.73 Å². The Morgan fingerprint density at radius 2 is 2.42 bits per heavy atom. The summed E-state index contributed by atoms with van der Waals surface area (Å²) < 4.78 is 0. The number of nitriles is 1. The first kappa shape index (κ1) is 8.21. The Bertz CT molecular complexity index is 331. The Morgan fingerprint density at radius 1 is 1.67 bits per heavy atom. The van der Waals surface area contributed by atoms with Gasteiger partial charge in [-0.15, -0.1) is 0 Å². The molecule has 0 unspecified atom stereocenters. The maximum atomic E-state index is 8.42. The summed E-state index contributed by atoms with van der Waals surface area (Å²) in [6.07, 6.45) is 1.52. The Kier molecular flexibility index (Phi) is 2.38. The van der Waals surface area contributed by atoms with Crippen LogP contribution in [0.3, 0.4) is 0 Å². The fourth-order valence-corrected chi connectivity index (χ4v) is 0.682. The number of anilines is 1. The van der Waals surface area contributed by atoms with Crippen molar-refractivity contribution in [1.29, 1.82) is 5.26 Å². The Morgan fingerprint density at radius 3 is 2.92 bits per heavy atom. The molecule has 0 aromatic carbocycles. The highest BCUT2D eigenvalue weighted by Gasteiger charge is 1.91. The van der Waals surface area contributed by atoms with Crippen molar-refractivity contribution in [2.45, 2.75) is 6.92 Å². The molecule has 1 aromatic rings. The predicted molar refractivity (Wildman–Crippen MR) is 47.0 cm³/mol. The standard InChI is InChI=1S/C8H8N4/c1-6(4-9)12-7-2-3-8(10)11-5-7/h2-3,5H,1H3,(H2,10,11). The second kappa shape index (κ2) is 3.49. The molecule has 0 atom stereocenters. The van der Waals surface area contributed by atoms with Gasteiger partial charge in [-0.05, 0) is 19.1 Å². The number of hydrogen-bond donors (Lipinski definition) is 1. The minimum atomic E-state index is 0.404. The van der Waals surface area contributed by atoms with Gasteiger partial charge in [0, 0.05) is 0 Å². The molecule has 4 heteroatoms. The number of aliphatic imine (C=N–C) groups is 1. The molecule has 0 saturated heterocycles. The molecule has 2 N–H and O–H groups in total. The van der Waals surface area contributed by atoms with E-state index in [0.717, 1.165) is 0 Å². The van der Waals surface area contributed by atoms with Gasteiger partial charge in [0.1, 0.15) is 17.6 Å². The predicted octanol–water partition coefficient (Wildman–Crippen LogP) is 1.28. The maximum absolute atomic E-state index is 8.42. The highest BCUT2D eigenvalue weighted by molar-refractivity contribution is 5.97. The third-order valence-corrected chi connectivity index (χ3v) is 1.23. The van der Waals surface area contributed by atoms with Crippen LogP contribution >= 0.6 is 0 Å². The summed E-state index contributed by atoms with van der Waals surface area (Å²) in [6, 6.07) is 5.27. The van der Waals surface area contributed by atoms with Crippen LogP contribution in [-0.2, 0) is 0 Å². The van der Waals surface area contributed by atoms with Crippen molar-refractivity contribution in [2.24, 2.45) is 4.99 Å². The molecule has 0 saturated carbocycles. The first-order valence-electron chi connectivity index (χ1n) is 3.39. The average Bonchev–Trinajstić information content (AvgIpc) is 2.09. The SMILES string of the molecule is CC(C#N)=Nc1ccc(N)nc1. The Balaban J connectivity index is 2.93. The van der Waals surface area contributed by atoms with Crippen LogP contribution in [0.2, 0.25) is 0 Å². The van der Waals surface area contributed by atoms with Crippen LogP contribution in [-0.4, -0.2) is 10.7 Å². The van der Waals surface area contributed by atoms with Crippen LogP contribution in [0.25, 0.3) is 0 Å². The van der Waals surface area contributed by atoms with Crippen molar-refractivity contribution in [3.63, 3.8) is 0 Å². The van der Waals surface area contributed by atoms with Crippen LogP contribution in [0.4, 0.5) is 11.5 Å². The third-order valence-electron chi connectivity index (χ3n) is 1.23. The first-order valence-corrected chi connectivity index (χ1v) is 3.39. The van der Waals surface area contributed by atoms with E-state index in [1.54, 1.807) is 19.1 Å². The number of nitrogens with two attached hydrogens (primary N) is 1. The van der Waals surface area contributed by atoms with Crippen molar-refractivity contribution >= 4 is 17.2 Å². The van der Waals surface area contributed by atoms with Crippen LogP contribution in [0.5, 0.6) is 0 Å². The van der Waals surface area contributed by atoms with Gasteiger partial charge in [-0.25, -0.2) is 9.98 Å². The molecule has 0 spiro atoms. The normalized spacial score (nSPS) is 10.8. The van der Waals surface area contributed by atoms with Crippen molar-refractivity contribution in [2.75, 3.05) is 5.73 Å². The summed E-state index contributed by atoms with van der Waals surface area (Å²) in [4.78, 5) is 7.78. The van der Waals surface area contributed by atoms with Gasteiger partial charge in [-0.3, -0.25) is 0 Å². The van der Waals surface area contributed by atoms with E-state index in [2.05, 4.69) is 9.98 Å². The zero-order valence-electron chi connectivity index (χ0n) is 6.65. The zero-order chi connectivity index (χ0) is 8.97. The maximum Gasteiger partial charge on any atom is 0.123 e. The lowest BCUT2D eigenvalue weighted by Crippen LogP contribution is -1.88. The smallest absolute Gasteiger partial charge is 0.123 e. The average molecular weight is 160 g/mol. The summed E-state index contributed by atoms with van der Waals surface area (Å²) in [7, 11) is 0. The number of nitrogen functional groups attached to an aromatic ring is 1. The molecule has 0 aliphatic rings. The highest BCUT2D eigenvalue weighted by Crippen LogP contribution is 2.10. The molecular formula is C8H8N4. The van der Waals surface area contributed by atoms with E-state index in [1.807, 2.05) is 6.07 Å². The molecule has 1 heterocycles. The summed E-state index contributed by atoms with van der Waals surface area (Å²) in [5.74, 6) is 0.448. The van der Waals surface area contributed by atoms with Gasteiger partial charge in [0.2, 0.25) is 0 Å². The molecule has 4 nitrogen and oxygen atoms in total. The second-order valence-electron chi connectivity index (χ2n) is 2.25. The van der Waals surface area contributed by atoms with Crippen molar-refractivity contribution in [3.8, 4) is 6.07 Å². The van der Waals surface area contributed by atoms with E-state index in [9.17, 15) is 0 Å². The molecule has 1 rings (SSSR count). The number of aromatic nitrogens is 1. The summed E-state index contributed by atoms with van der Waals surface area (Å²) in [5, 5.41) is 8.42. The lowest BCUT2D eigenvalue weighted by Gasteiger charge is -1.93. The van der Waals surface area contributed by atoms with Crippen LogP contribution in [0, 0.1) is 11.3 Å². The second-order valence-corrected chi connectivity index (χ2v) is 2.25. The van der Waals surface area contributed by atoms with E-state index in [0.29, 0.717) is 17.2 Å². The molecule has 0 bridgehead atoms. The van der Waals surface area contributed by atoms with Gasteiger partial charge in [-0.1, -0.05) is 0 Å². The minimum absolute atomic E-state index is 0.404. The van der Waals surface area contributed by atoms with Crippen LogP contribution in [0.1, 0.15) is 6.92 Å². The fourth-order valence-electron chi connectivity index (χ4n) is 0.682. The summed E-state index contributed by atoms with van der Waals surface area (Å²) >= 11 is 0. The lowest BCUT2D eigenvalue weighted by atomic mass is 10.4. The van der Waals surface area contributed by atoms with Crippen molar-refractivity contribution in [3.05, 3.63) is 18.3 Å². The molecule has 0 radical (unpaired) electrons. The molecule has 0 aliphatic heterocycles. The molecule has 0 amide bonds. The number of nitrogens with zero attached hydrogens (tertiary/aromatic N) is 3. The molecule has 0 aliphatic carbocycles. The van der Waals surface area contributed by atoms with Gasteiger partial charge in [0.15, 0.2) is 0 Å². The van der Waals surface area contributed by atoms with Gasteiger partial charge >= 0.3 is 0 Å². The van der Waals surface area contributed by atoms with E-state index in [-0.39, 0.29) is 0 Å². The number of pyridine rings is 1. The topological polar surface area (TPSA) is 75.1 Å². The highest BCUT2D eigenvalue weighted by atomic mass is 14.8. The van der Waals surface area contributed by atoms with Crippen molar-refractivity contribution < 1.29 is 0 Å². The first-order chi connectivity index (χ1) is 5.72. The van der Waals surface area contributed by atoms with E-state index in [1.165, 1.54) is 6.20 Å². The van der Waals surface area contributed by atoms with E-state index < -0.39 is 0 Å². The van der Waals surface area contributed by atoms with Crippen molar-refractivity contribution in [1.82, 2.24) is 4.98 Å². The zero-order valence-corrected chi connectivity index (χ0v) is 6.65. The minimum Gasteiger partial charge on any atom is -0.384 e. The fraction of sp³-hybridized carbons (Fsp3) is 0.125. The summed E-state index contributed by atoms with van der Waals surface area (Å²) in [5.41, 5.74) is 6.41. The van der Waals surface area contributed by atoms with Crippen LogP contribution < -0.4 is 5.73 Å². The molecule has 0 fully saturated rings. The summed E-state index contributed by atoms with van der Waals surface area (Å²) in [6.45, 7) is 1.64. The molecule has 12 heavy (non-hydrogen) atoms. The van der Waals surface area contributed by atoms with E-state index in [4.69, 9.17) is 11.0 Å². The van der Waals surface area contributed by atoms with Gasteiger partial charge in [-0.2, -0.15) is 5.26 Å². The van der Waals surface area contributed by atoms with E-state index >= 15 is 0 Å². The number of rotatable bonds is 1. The van der Waals surface area contributed by atoms with Gasteiger partial charge in [0.05, 0.1) is 11.9 Å². The Hall–Kier alpha value is -1.89. The molecular weight excluding hydrogens is 152 g/mol. The quantitative estimate of drug-likeness (QED) is 0.629. The third kappa shape index (κ3) is 2.06. The Labute approximate surface area is 70.4 Å². The number of hydrogen-bond acceptors (Lipinski definition) is 4. The largest absolute Gasteiger partial charge is 0.384 e. The molecule has 60 valence electrons. The van der Waals surface area contributed by atoms with Gasteiger partial charge in [0.25, 0.3) is 0 Å². The molecule has 1 aromatic heterocycles.